The van der Waals surface area contributed by atoms with Gasteiger partial charge in [-0.2, -0.15) is 0 Å². The van der Waals surface area contributed by atoms with E-state index in [2.05, 4.69) is 5.32 Å². The Morgan fingerprint density at radius 1 is 1.11 bits per heavy atom. The summed E-state index contributed by atoms with van der Waals surface area (Å²) in [6.07, 6.45) is -1.17. The zero-order valence-corrected chi connectivity index (χ0v) is 16.3. The molecule has 7 nitrogen and oxygen atoms in total. The lowest BCUT2D eigenvalue weighted by molar-refractivity contribution is -0.154. The number of hydrogen-bond donors (Lipinski definition) is 2. The molecule has 2 aromatic carbocycles. The minimum atomic E-state index is -0.989. The second-order valence-electron chi connectivity index (χ2n) is 6.18. The van der Waals surface area contributed by atoms with Gasteiger partial charge in [-0.15, -0.1) is 0 Å². The van der Waals surface area contributed by atoms with Crippen LogP contribution in [0.3, 0.4) is 0 Å². The largest absolute Gasteiger partial charge is 0.452 e. The summed E-state index contributed by atoms with van der Waals surface area (Å²) in [5.74, 6) is -1.01. The predicted molar refractivity (Wildman–Crippen MR) is 107 cm³/mol. The van der Waals surface area contributed by atoms with Gasteiger partial charge in [0.2, 0.25) is 0 Å². The first kappa shape index (κ1) is 21.2. The van der Waals surface area contributed by atoms with Gasteiger partial charge in [0, 0.05) is 17.8 Å². The first-order chi connectivity index (χ1) is 13.3. The highest BCUT2D eigenvalue weighted by Gasteiger charge is 2.25. The molecule has 3 amide bonds. The second kappa shape index (κ2) is 9.75. The van der Waals surface area contributed by atoms with Gasteiger partial charge in [0.25, 0.3) is 5.91 Å². The average molecular weight is 404 g/mol. The number of anilines is 1. The molecule has 2 rings (SSSR count). The Labute approximate surface area is 168 Å². The Morgan fingerprint density at radius 3 is 2.29 bits per heavy atom. The molecule has 8 heteroatoms. The van der Waals surface area contributed by atoms with Crippen LogP contribution in [0.1, 0.15) is 24.9 Å². The average Bonchev–Trinajstić information content (AvgIpc) is 2.67. The molecule has 0 aliphatic heterocycles. The molecule has 0 radical (unpaired) electrons. The van der Waals surface area contributed by atoms with Gasteiger partial charge < -0.3 is 20.7 Å². The third-order valence-electron chi connectivity index (χ3n) is 4.09. The van der Waals surface area contributed by atoms with Crippen LogP contribution in [0.25, 0.3) is 0 Å². The number of primary amides is 1. The Morgan fingerprint density at radius 2 is 1.71 bits per heavy atom. The number of urea groups is 1. The third-order valence-corrected chi connectivity index (χ3v) is 4.34. The minimum Gasteiger partial charge on any atom is -0.452 e. The van der Waals surface area contributed by atoms with Gasteiger partial charge in [0.15, 0.2) is 6.10 Å². The molecule has 0 aliphatic carbocycles. The summed E-state index contributed by atoms with van der Waals surface area (Å²) in [6, 6.07) is 14.2. The quantitative estimate of drug-likeness (QED) is 0.693. The fraction of sp³-hybridized carbons (Fsp3) is 0.250. The highest BCUT2D eigenvalue weighted by Crippen LogP contribution is 2.21. The van der Waals surface area contributed by atoms with Crippen molar-refractivity contribution in [2.24, 2.45) is 5.73 Å². The normalized spacial score (nSPS) is 12.5. The van der Waals surface area contributed by atoms with E-state index in [0.29, 0.717) is 16.3 Å². The van der Waals surface area contributed by atoms with E-state index >= 15 is 0 Å². The van der Waals surface area contributed by atoms with E-state index in [-0.39, 0.29) is 12.3 Å². The van der Waals surface area contributed by atoms with E-state index in [0.717, 1.165) is 0 Å². The topological polar surface area (TPSA) is 102 Å². The number of nitrogens with two attached hydrogens (primary N) is 1. The van der Waals surface area contributed by atoms with Crippen molar-refractivity contribution >= 4 is 35.2 Å². The van der Waals surface area contributed by atoms with Crippen molar-refractivity contribution in [2.45, 2.75) is 25.5 Å². The number of hydrogen-bond acceptors (Lipinski definition) is 4. The van der Waals surface area contributed by atoms with Gasteiger partial charge in [0.05, 0.1) is 12.5 Å². The van der Waals surface area contributed by atoms with Crippen molar-refractivity contribution in [1.82, 2.24) is 5.32 Å². The molecule has 0 unspecified atom stereocenters. The van der Waals surface area contributed by atoms with Gasteiger partial charge in [0.1, 0.15) is 0 Å². The number of para-hydroxylation sites is 1. The predicted octanol–water partition coefficient (Wildman–Crippen LogP) is 3.03. The first-order valence-corrected chi connectivity index (χ1v) is 8.99. The van der Waals surface area contributed by atoms with Gasteiger partial charge in [-0.25, -0.2) is 4.79 Å². The lowest BCUT2D eigenvalue weighted by Crippen LogP contribution is -2.39. The monoisotopic (exact) mass is 403 g/mol. The number of nitrogens with zero attached hydrogens (tertiary/aromatic N) is 1. The molecule has 28 heavy (non-hydrogen) atoms. The standard InChI is InChI=1S/C20H22ClN3O4/c1-13(19(26)24(2)16-6-4-3-5-7-16)28-18(25)12-17(23-20(22)27)14-8-10-15(21)11-9-14/h3-11,13,17H,12H2,1-2H3,(H3,22,23,27)/t13-,17+/m0/s1. The summed E-state index contributed by atoms with van der Waals surface area (Å²) in [4.78, 5) is 37.5. The van der Waals surface area contributed by atoms with Crippen LogP contribution in [0.2, 0.25) is 5.02 Å². The highest BCUT2D eigenvalue weighted by atomic mass is 35.5. The number of carbonyl (C=O) groups is 3. The lowest BCUT2D eigenvalue weighted by Gasteiger charge is -2.23. The smallest absolute Gasteiger partial charge is 0.312 e. The molecular formula is C20H22ClN3O4. The van der Waals surface area contributed by atoms with Crippen molar-refractivity contribution in [3.05, 3.63) is 65.2 Å². The van der Waals surface area contributed by atoms with Crippen LogP contribution in [0.5, 0.6) is 0 Å². The number of carbonyl (C=O) groups excluding carboxylic acids is 3. The van der Waals surface area contributed by atoms with Gasteiger partial charge in [-0.05, 0) is 36.8 Å². The molecule has 0 spiro atoms. The minimum absolute atomic E-state index is 0.183. The number of nitrogens with one attached hydrogen (secondary N) is 1. The number of amides is 3. The highest BCUT2D eigenvalue weighted by molar-refractivity contribution is 6.30. The van der Waals surface area contributed by atoms with Gasteiger partial charge >= 0.3 is 12.0 Å². The van der Waals surface area contributed by atoms with Crippen molar-refractivity contribution < 1.29 is 19.1 Å². The number of ether oxygens (including phenoxy) is 1. The van der Waals surface area contributed by atoms with Gasteiger partial charge in [-0.1, -0.05) is 41.9 Å². The Bertz CT molecular complexity index is 827. The lowest BCUT2D eigenvalue weighted by atomic mass is 10.0. The second-order valence-corrected chi connectivity index (χ2v) is 6.62. The molecule has 3 N–H and O–H groups in total. The van der Waals surface area contributed by atoms with Crippen LogP contribution >= 0.6 is 11.6 Å². The molecular weight excluding hydrogens is 382 g/mol. The van der Waals surface area contributed by atoms with Crippen LogP contribution < -0.4 is 16.0 Å². The van der Waals surface area contributed by atoms with Crippen LogP contribution in [0.15, 0.2) is 54.6 Å². The molecule has 148 valence electrons. The third kappa shape index (κ3) is 5.99. The Hall–Kier alpha value is -3.06. The van der Waals surface area contributed by atoms with Crippen molar-refractivity contribution in [1.29, 1.82) is 0 Å². The van der Waals surface area contributed by atoms with E-state index in [1.54, 1.807) is 43.4 Å². The molecule has 0 bridgehead atoms. The Kier molecular flexibility index (Phi) is 7.40. The van der Waals surface area contributed by atoms with Crippen LogP contribution in [-0.4, -0.2) is 31.1 Å². The summed E-state index contributed by atoms with van der Waals surface area (Å²) >= 11 is 5.87. The van der Waals surface area contributed by atoms with Crippen LogP contribution in [0.4, 0.5) is 10.5 Å². The maximum atomic E-state index is 12.5. The molecule has 2 atom stereocenters. The maximum absolute atomic E-state index is 12.5. The van der Waals surface area contributed by atoms with Crippen LogP contribution in [-0.2, 0) is 14.3 Å². The summed E-state index contributed by atoms with van der Waals surface area (Å²) < 4.78 is 5.26. The molecule has 0 heterocycles. The molecule has 0 saturated heterocycles. The van der Waals surface area contributed by atoms with E-state index in [9.17, 15) is 14.4 Å². The summed E-state index contributed by atoms with van der Waals surface area (Å²) in [5.41, 5.74) is 6.53. The zero-order chi connectivity index (χ0) is 20.7. The first-order valence-electron chi connectivity index (χ1n) is 8.61. The van der Waals surface area contributed by atoms with Crippen molar-refractivity contribution in [2.75, 3.05) is 11.9 Å². The van der Waals surface area contributed by atoms with E-state index in [1.165, 1.54) is 11.8 Å². The summed E-state index contributed by atoms with van der Waals surface area (Å²) in [7, 11) is 1.60. The Balaban J connectivity index is 2.01. The molecule has 2 aromatic rings. The summed E-state index contributed by atoms with van der Waals surface area (Å²) in [6.45, 7) is 1.50. The van der Waals surface area contributed by atoms with Crippen LogP contribution in [0, 0.1) is 0 Å². The number of likely N-dealkylation sites (N-methyl/N-ethyl adjacent to an activating group) is 1. The van der Waals surface area contributed by atoms with E-state index in [4.69, 9.17) is 22.1 Å². The van der Waals surface area contributed by atoms with E-state index in [1.807, 2.05) is 18.2 Å². The number of benzene rings is 2. The molecule has 0 saturated carbocycles. The molecule has 0 aliphatic rings. The SMILES string of the molecule is C[C@H](OC(=O)C[C@@H](NC(N)=O)c1ccc(Cl)cc1)C(=O)N(C)c1ccccc1. The van der Waals surface area contributed by atoms with Gasteiger partial charge in [-0.3, -0.25) is 9.59 Å². The summed E-state index contributed by atoms with van der Waals surface area (Å²) in [5, 5.41) is 3.02. The number of esters is 1. The molecule has 0 aromatic heterocycles. The number of halogens is 1. The fourth-order valence-electron chi connectivity index (χ4n) is 2.63. The van der Waals surface area contributed by atoms with Crippen molar-refractivity contribution in [3.8, 4) is 0 Å². The zero-order valence-electron chi connectivity index (χ0n) is 15.6. The number of rotatable bonds is 7. The van der Waals surface area contributed by atoms with Crippen molar-refractivity contribution in [3.63, 3.8) is 0 Å². The van der Waals surface area contributed by atoms with E-state index < -0.39 is 24.1 Å². The maximum Gasteiger partial charge on any atom is 0.312 e. The fourth-order valence-corrected chi connectivity index (χ4v) is 2.76. The molecule has 0 fully saturated rings.